The summed E-state index contributed by atoms with van der Waals surface area (Å²) >= 11 is 0. The summed E-state index contributed by atoms with van der Waals surface area (Å²) in [5.41, 5.74) is 4.04. The Morgan fingerprint density at radius 1 is 1.18 bits per heavy atom. The summed E-state index contributed by atoms with van der Waals surface area (Å²) in [6, 6.07) is 3.71. The molecular weight excluding hydrogens is 278 g/mol. The average molecular weight is 295 g/mol. The number of hydrogen-bond donors (Lipinski definition) is 1. The summed E-state index contributed by atoms with van der Waals surface area (Å²) < 4.78 is 5.56. The molecule has 2 aliphatic rings. The van der Waals surface area contributed by atoms with Gasteiger partial charge in [0.05, 0.1) is 0 Å². The van der Waals surface area contributed by atoms with Crippen LogP contribution in [0.5, 0.6) is 5.75 Å². The number of phenols is 1. The van der Waals surface area contributed by atoms with Crippen LogP contribution in [0.4, 0.5) is 0 Å². The summed E-state index contributed by atoms with van der Waals surface area (Å²) in [7, 11) is 0. The minimum Gasteiger partial charge on any atom is -0.508 e. The molecule has 2 heterocycles. The molecule has 1 atom stereocenters. The van der Waals surface area contributed by atoms with Crippen LogP contribution in [0.2, 0.25) is 0 Å². The van der Waals surface area contributed by atoms with Crippen molar-refractivity contribution in [3.05, 3.63) is 42.0 Å². The first-order valence-electron chi connectivity index (χ1n) is 7.45. The highest BCUT2D eigenvalue weighted by atomic mass is 16.5. The van der Waals surface area contributed by atoms with Gasteiger partial charge in [0.25, 0.3) is 0 Å². The summed E-state index contributed by atoms with van der Waals surface area (Å²) in [4.78, 5) is 12.9. The lowest BCUT2D eigenvalue weighted by Gasteiger charge is -2.32. The highest BCUT2D eigenvalue weighted by molar-refractivity contribution is 5.76. The van der Waals surface area contributed by atoms with Crippen molar-refractivity contribution in [3.8, 4) is 16.9 Å². The van der Waals surface area contributed by atoms with E-state index in [1.165, 1.54) is 11.9 Å². The number of aliphatic imine (C=N–C) groups is 1. The molecule has 4 rings (SSSR count). The van der Waals surface area contributed by atoms with E-state index in [1.54, 1.807) is 6.07 Å². The molecule has 0 radical (unpaired) electrons. The Labute approximate surface area is 128 Å². The Kier molecular flexibility index (Phi) is 2.89. The van der Waals surface area contributed by atoms with Crippen molar-refractivity contribution in [3.63, 3.8) is 0 Å². The predicted molar refractivity (Wildman–Crippen MR) is 82.9 cm³/mol. The molecule has 1 N–H and O–H groups in total. The second-order valence-electron chi connectivity index (χ2n) is 6.04. The molecule has 0 bridgehead atoms. The van der Waals surface area contributed by atoms with Crippen molar-refractivity contribution in [2.24, 2.45) is 4.99 Å². The van der Waals surface area contributed by atoms with Gasteiger partial charge in [0.15, 0.2) is 5.90 Å². The molecule has 1 aliphatic heterocycles. The summed E-state index contributed by atoms with van der Waals surface area (Å²) in [5, 5.41) is 10.3. The number of aromatic hydroxyl groups is 1. The molecule has 1 aromatic heterocycles. The third-order valence-corrected chi connectivity index (χ3v) is 4.57. The van der Waals surface area contributed by atoms with Crippen molar-refractivity contribution >= 4 is 5.90 Å². The fourth-order valence-electron chi connectivity index (χ4n) is 3.50. The SMILES string of the molecule is CC1=N[C@@]2(CCc3c(-c4cncnc4)ccc(O)c3C2)CO1. The van der Waals surface area contributed by atoms with E-state index in [4.69, 9.17) is 4.74 Å². The van der Waals surface area contributed by atoms with Gasteiger partial charge in [-0.1, -0.05) is 6.07 Å². The summed E-state index contributed by atoms with van der Waals surface area (Å²) in [5.74, 6) is 1.09. The Morgan fingerprint density at radius 3 is 2.73 bits per heavy atom. The molecule has 1 spiro atoms. The van der Waals surface area contributed by atoms with Gasteiger partial charge < -0.3 is 9.84 Å². The number of ether oxygens (including phenoxy) is 1. The monoisotopic (exact) mass is 295 g/mol. The van der Waals surface area contributed by atoms with Crippen molar-refractivity contribution < 1.29 is 9.84 Å². The Hall–Kier alpha value is -2.43. The maximum Gasteiger partial charge on any atom is 0.180 e. The van der Waals surface area contributed by atoms with Gasteiger partial charge in [-0.3, -0.25) is 0 Å². The van der Waals surface area contributed by atoms with Gasteiger partial charge in [0, 0.05) is 36.9 Å². The fourth-order valence-corrected chi connectivity index (χ4v) is 3.50. The number of fused-ring (bicyclic) bond motifs is 1. The van der Waals surface area contributed by atoms with E-state index < -0.39 is 0 Å². The zero-order valence-corrected chi connectivity index (χ0v) is 12.4. The first-order valence-corrected chi connectivity index (χ1v) is 7.45. The number of benzene rings is 1. The van der Waals surface area contributed by atoms with Gasteiger partial charge in [0.2, 0.25) is 0 Å². The van der Waals surface area contributed by atoms with Crippen LogP contribution >= 0.6 is 0 Å². The van der Waals surface area contributed by atoms with Crippen LogP contribution in [-0.2, 0) is 17.6 Å². The van der Waals surface area contributed by atoms with Crippen LogP contribution in [-0.4, -0.2) is 33.1 Å². The van der Waals surface area contributed by atoms with Crippen molar-refractivity contribution in [1.82, 2.24) is 9.97 Å². The van der Waals surface area contributed by atoms with Gasteiger partial charge in [-0.25, -0.2) is 15.0 Å². The van der Waals surface area contributed by atoms with Gasteiger partial charge in [-0.2, -0.15) is 0 Å². The van der Waals surface area contributed by atoms with E-state index in [9.17, 15) is 5.11 Å². The largest absolute Gasteiger partial charge is 0.508 e. The number of nitrogens with zero attached hydrogens (tertiary/aromatic N) is 3. The Bertz CT molecular complexity index is 758. The number of rotatable bonds is 1. The number of hydrogen-bond acceptors (Lipinski definition) is 5. The molecule has 0 fully saturated rings. The lowest BCUT2D eigenvalue weighted by molar-refractivity contribution is 0.234. The second kappa shape index (κ2) is 4.80. The van der Waals surface area contributed by atoms with Gasteiger partial charge in [0.1, 0.15) is 24.2 Å². The third-order valence-electron chi connectivity index (χ3n) is 4.57. The standard InChI is InChI=1S/C17H17N3O2/c1-11-20-17(9-22-11)5-4-14-13(12-7-18-10-19-8-12)2-3-16(21)15(14)6-17/h2-3,7-8,10,21H,4-6,9H2,1H3/t17-/m1/s1. The van der Waals surface area contributed by atoms with Crippen molar-refractivity contribution in [2.45, 2.75) is 31.7 Å². The first-order chi connectivity index (χ1) is 10.7. The topological polar surface area (TPSA) is 67.6 Å². The van der Waals surface area contributed by atoms with Crippen LogP contribution < -0.4 is 0 Å². The molecule has 1 aliphatic carbocycles. The Balaban J connectivity index is 1.81. The van der Waals surface area contributed by atoms with E-state index >= 15 is 0 Å². The van der Waals surface area contributed by atoms with Crippen LogP contribution in [0, 0.1) is 0 Å². The fraction of sp³-hybridized carbons (Fsp3) is 0.353. The zero-order valence-electron chi connectivity index (χ0n) is 12.4. The predicted octanol–water partition coefficient (Wildman–Crippen LogP) is 2.53. The van der Waals surface area contributed by atoms with Crippen LogP contribution in [0.1, 0.15) is 24.5 Å². The summed E-state index contributed by atoms with van der Waals surface area (Å²) in [6.45, 7) is 2.50. The van der Waals surface area contributed by atoms with Crippen LogP contribution in [0.25, 0.3) is 11.1 Å². The molecule has 112 valence electrons. The van der Waals surface area contributed by atoms with Crippen molar-refractivity contribution in [2.75, 3.05) is 6.61 Å². The van der Waals surface area contributed by atoms with Gasteiger partial charge in [-0.05, 0) is 30.0 Å². The molecule has 0 saturated heterocycles. The molecule has 22 heavy (non-hydrogen) atoms. The minimum atomic E-state index is -0.208. The van der Waals surface area contributed by atoms with Crippen LogP contribution in [0.3, 0.4) is 0 Å². The van der Waals surface area contributed by atoms with E-state index in [1.807, 2.05) is 25.4 Å². The average Bonchev–Trinajstić information content (AvgIpc) is 2.90. The molecule has 5 nitrogen and oxygen atoms in total. The molecule has 0 unspecified atom stereocenters. The lowest BCUT2D eigenvalue weighted by Crippen LogP contribution is -2.35. The van der Waals surface area contributed by atoms with Crippen LogP contribution in [0.15, 0.2) is 35.8 Å². The van der Waals surface area contributed by atoms with E-state index in [-0.39, 0.29) is 5.54 Å². The zero-order chi connectivity index (χ0) is 15.2. The number of phenolic OH excluding ortho intramolecular Hbond substituents is 1. The maximum absolute atomic E-state index is 10.3. The van der Waals surface area contributed by atoms with E-state index in [2.05, 4.69) is 15.0 Å². The Morgan fingerprint density at radius 2 is 2.00 bits per heavy atom. The normalized spacial score (nSPS) is 23.0. The third kappa shape index (κ3) is 2.04. The van der Waals surface area contributed by atoms with Gasteiger partial charge in [-0.15, -0.1) is 0 Å². The smallest absolute Gasteiger partial charge is 0.180 e. The molecule has 0 saturated carbocycles. The van der Waals surface area contributed by atoms with E-state index in [0.29, 0.717) is 18.8 Å². The molecular formula is C17H17N3O2. The highest BCUT2D eigenvalue weighted by Crippen LogP contribution is 2.42. The summed E-state index contributed by atoms with van der Waals surface area (Å²) in [6.07, 6.45) is 7.66. The lowest BCUT2D eigenvalue weighted by atomic mass is 9.76. The highest BCUT2D eigenvalue weighted by Gasteiger charge is 2.40. The number of aromatic nitrogens is 2. The maximum atomic E-state index is 10.3. The molecule has 1 aromatic carbocycles. The first kappa shape index (κ1) is 13.2. The minimum absolute atomic E-state index is 0.208. The molecule has 2 aromatic rings. The molecule has 5 heteroatoms. The quantitative estimate of drug-likeness (QED) is 0.878. The second-order valence-corrected chi connectivity index (χ2v) is 6.04. The van der Waals surface area contributed by atoms with E-state index in [0.717, 1.165) is 35.4 Å². The van der Waals surface area contributed by atoms with Gasteiger partial charge >= 0.3 is 0 Å². The van der Waals surface area contributed by atoms with Crippen molar-refractivity contribution in [1.29, 1.82) is 0 Å². The molecule has 0 amide bonds.